The molecular formula is C17H31N7O2. The van der Waals surface area contributed by atoms with Crippen LogP contribution in [0.5, 0.6) is 0 Å². The lowest BCUT2D eigenvalue weighted by Crippen LogP contribution is -2.49. The van der Waals surface area contributed by atoms with Crippen molar-refractivity contribution in [3.8, 4) is 0 Å². The summed E-state index contributed by atoms with van der Waals surface area (Å²) in [6.45, 7) is 5.47. The zero-order valence-electron chi connectivity index (χ0n) is 16.4. The third-order valence-electron chi connectivity index (χ3n) is 4.38. The Kier molecular flexibility index (Phi) is 7.38. The van der Waals surface area contributed by atoms with Crippen LogP contribution in [-0.2, 0) is 29.1 Å². The maximum atomic E-state index is 11.9. The van der Waals surface area contributed by atoms with Gasteiger partial charge in [-0.25, -0.2) is 14.7 Å². The third-order valence-corrected chi connectivity index (χ3v) is 4.38. The molecule has 0 radical (unpaired) electrons. The zero-order chi connectivity index (χ0) is 19.1. The van der Waals surface area contributed by atoms with Gasteiger partial charge in [0.15, 0.2) is 11.8 Å². The number of carbonyl (C=O) groups excluding carboxylic acids is 1. The first-order valence-corrected chi connectivity index (χ1v) is 9.12. The number of aryl methyl sites for hydroxylation is 1. The quantitative estimate of drug-likeness (QED) is 0.528. The van der Waals surface area contributed by atoms with E-state index in [1.54, 1.807) is 26.1 Å². The van der Waals surface area contributed by atoms with Crippen molar-refractivity contribution < 1.29 is 9.53 Å². The standard InChI is InChI=1S/C17H31N7O2/c1-6-12(2)19-17(18-9-16(25)23(3)4)20-13-7-8-15-21-14(11-26-5)22-24(15)10-13/h12-13H,6-11H2,1-5H3,(H2,18,19,20). The van der Waals surface area contributed by atoms with Gasteiger partial charge in [-0.15, -0.1) is 0 Å². The van der Waals surface area contributed by atoms with Crippen molar-refractivity contribution in [2.75, 3.05) is 27.7 Å². The molecule has 9 heteroatoms. The van der Waals surface area contributed by atoms with Gasteiger partial charge in [0.2, 0.25) is 5.91 Å². The molecule has 1 aromatic rings. The fraction of sp³-hybridized carbons (Fsp3) is 0.765. The fourth-order valence-electron chi connectivity index (χ4n) is 2.62. The van der Waals surface area contributed by atoms with E-state index in [1.807, 2.05) is 4.68 Å². The third kappa shape index (κ3) is 5.69. The van der Waals surface area contributed by atoms with E-state index in [0.29, 0.717) is 18.4 Å². The molecule has 2 heterocycles. The lowest BCUT2D eigenvalue weighted by atomic mass is 10.1. The Morgan fingerprint density at radius 1 is 1.50 bits per heavy atom. The number of aliphatic imine (C=N–C) groups is 1. The molecule has 0 saturated heterocycles. The molecule has 1 aliphatic rings. The molecule has 2 N–H and O–H groups in total. The van der Waals surface area contributed by atoms with Crippen molar-refractivity contribution in [1.29, 1.82) is 0 Å². The fourth-order valence-corrected chi connectivity index (χ4v) is 2.62. The molecular weight excluding hydrogens is 334 g/mol. The minimum Gasteiger partial charge on any atom is -0.377 e. The topological polar surface area (TPSA) is 96.7 Å². The van der Waals surface area contributed by atoms with Crippen LogP contribution >= 0.6 is 0 Å². The van der Waals surface area contributed by atoms with E-state index in [1.165, 1.54) is 0 Å². The van der Waals surface area contributed by atoms with Crippen LogP contribution in [0.25, 0.3) is 0 Å². The van der Waals surface area contributed by atoms with Crippen LogP contribution in [0.2, 0.25) is 0 Å². The first kappa shape index (κ1) is 20.2. The summed E-state index contributed by atoms with van der Waals surface area (Å²) in [5.41, 5.74) is 0. The first-order valence-electron chi connectivity index (χ1n) is 9.12. The highest BCUT2D eigenvalue weighted by molar-refractivity contribution is 5.85. The van der Waals surface area contributed by atoms with Gasteiger partial charge in [0, 0.05) is 39.7 Å². The number of rotatable bonds is 7. The van der Waals surface area contributed by atoms with Gasteiger partial charge >= 0.3 is 0 Å². The second-order valence-corrected chi connectivity index (χ2v) is 6.85. The van der Waals surface area contributed by atoms with Crippen molar-refractivity contribution in [3.63, 3.8) is 0 Å². The summed E-state index contributed by atoms with van der Waals surface area (Å²) in [6.07, 6.45) is 2.76. The van der Waals surface area contributed by atoms with E-state index in [9.17, 15) is 4.79 Å². The van der Waals surface area contributed by atoms with Crippen LogP contribution in [0.3, 0.4) is 0 Å². The van der Waals surface area contributed by atoms with Gasteiger partial charge in [0.25, 0.3) is 0 Å². The van der Waals surface area contributed by atoms with Gasteiger partial charge in [0.1, 0.15) is 19.0 Å². The lowest BCUT2D eigenvalue weighted by molar-refractivity contribution is -0.127. The molecule has 1 aromatic heterocycles. The molecule has 0 aliphatic carbocycles. The average molecular weight is 365 g/mol. The molecule has 0 bridgehead atoms. The van der Waals surface area contributed by atoms with Crippen LogP contribution in [0.4, 0.5) is 0 Å². The number of aromatic nitrogens is 3. The van der Waals surface area contributed by atoms with E-state index >= 15 is 0 Å². The van der Waals surface area contributed by atoms with Gasteiger partial charge in [0.05, 0.1) is 6.54 Å². The summed E-state index contributed by atoms with van der Waals surface area (Å²) >= 11 is 0. The number of nitrogens with zero attached hydrogens (tertiary/aromatic N) is 5. The van der Waals surface area contributed by atoms with Crippen molar-refractivity contribution in [2.45, 2.75) is 58.3 Å². The van der Waals surface area contributed by atoms with E-state index in [2.05, 4.69) is 39.6 Å². The number of fused-ring (bicyclic) bond motifs is 1. The summed E-state index contributed by atoms with van der Waals surface area (Å²) in [5.74, 6) is 2.35. The van der Waals surface area contributed by atoms with Crippen LogP contribution in [-0.4, -0.2) is 71.4 Å². The van der Waals surface area contributed by atoms with Crippen LogP contribution in [0.15, 0.2) is 4.99 Å². The minimum absolute atomic E-state index is 0.0262. The molecule has 0 saturated carbocycles. The summed E-state index contributed by atoms with van der Waals surface area (Å²) in [5, 5.41) is 11.3. The highest BCUT2D eigenvalue weighted by Crippen LogP contribution is 2.13. The normalized spacial score (nSPS) is 18.2. The van der Waals surface area contributed by atoms with E-state index in [4.69, 9.17) is 4.74 Å². The van der Waals surface area contributed by atoms with E-state index < -0.39 is 0 Å². The van der Waals surface area contributed by atoms with Gasteiger partial charge in [-0.3, -0.25) is 4.79 Å². The highest BCUT2D eigenvalue weighted by atomic mass is 16.5. The number of methoxy groups -OCH3 is 1. The smallest absolute Gasteiger partial charge is 0.243 e. The number of hydrogen-bond acceptors (Lipinski definition) is 5. The molecule has 2 unspecified atom stereocenters. The maximum absolute atomic E-state index is 11.9. The maximum Gasteiger partial charge on any atom is 0.243 e. The summed E-state index contributed by atoms with van der Waals surface area (Å²) < 4.78 is 7.04. The second-order valence-electron chi connectivity index (χ2n) is 6.85. The largest absolute Gasteiger partial charge is 0.377 e. The van der Waals surface area contributed by atoms with Crippen LogP contribution < -0.4 is 10.6 Å². The molecule has 1 amide bonds. The van der Waals surface area contributed by atoms with Gasteiger partial charge < -0.3 is 20.3 Å². The predicted octanol–water partition coefficient (Wildman–Crippen LogP) is 0.161. The number of nitrogens with one attached hydrogen (secondary N) is 2. The number of likely N-dealkylation sites (N-methyl/N-ethyl adjacent to an activating group) is 1. The highest BCUT2D eigenvalue weighted by Gasteiger charge is 2.23. The molecule has 146 valence electrons. The van der Waals surface area contributed by atoms with Crippen molar-refractivity contribution in [2.24, 2.45) is 4.99 Å². The Labute approximate surface area is 155 Å². The monoisotopic (exact) mass is 365 g/mol. The summed E-state index contributed by atoms with van der Waals surface area (Å²) in [6, 6.07) is 0.457. The molecule has 0 aromatic carbocycles. The van der Waals surface area contributed by atoms with Crippen LogP contribution in [0.1, 0.15) is 38.3 Å². The van der Waals surface area contributed by atoms with Crippen molar-refractivity contribution in [3.05, 3.63) is 11.6 Å². The van der Waals surface area contributed by atoms with Gasteiger partial charge in [-0.05, 0) is 19.8 Å². The molecule has 26 heavy (non-hydrogen) atoms. The number of amides is 1. The lowest BCUT2D eigenvalue weighted by Gasteiger charge is -2.26. The van der Waals surface area contributed by atoms with Crippen LogP contribution in [0, 0.1) is 0 Å². The van der Waals surface area contributed by atoms with Crippen molar-refractivity contribution in [1.82, 2.24) is 30.3 Å². The van der Waals surface area contributed by atoms with Crippen molar-refractivity contribution >= 4 is 11.9 Å². The first-order chi connectivity index (χ1) is 12.4. The Balaban J connectivity index is 2.02. The number of ether oxygens (including phenoxy) is 1. The predicted molar refractivity (Wildman–Crippen MR) is 99.9 cm³/mol. The summed E-state index contributed by atoms with van der Waals surface area (Å²) in [7, 11) is 5.11. The number of guanidine groups is 1. The van der Waals surface area contributed by atoms with E-state index in [-0.39, 0.29) is 24.5 Å². The molecule has 2 atom stereocenters. The van der Waals surface area contributed by atoms with E-state index in [0.717, 1.165) is 31.6 Å². The Morgan fingerprint density at radius 2 is 2.27 bits per heavy atom. The zero-order valence-corrected chi connectivity index (χ0v) is 16.4. The second kappa shape index (κ2) is 9.51. The summed E-state index contributed by atoms with van der Waals surface area (Å²) in [4.78, 5) is 22.4. The van der Waals surface area contributed by atoms with Gasteiger partial charge in [-0.1, -0.05) is 6.92 Å². The SMILES string of the molecule is CCC(C)NC(=NCC(=O)N(C)C)NC1CCc2nc(COC)nn2C1. The molecule has 0 fully saturated rings. The average Bonchev–Trinajstić information content (AvgIpc) is 3.01. The molecule has 0 spiro atoms. The Bertz CT molecular complexity index is 627. The number of carbonyl (C=O) groups is 1. The Morgan fingerprint density at radius 3 is 2.92 bits per heavy atom. The number of hydrogen-bond donors (Lipinski definition) is 2. The van der Waals surface area contributed by atoms with Gasteiger partial charge in [-0.2, -0.15) is 5.10 Å². The molecule has 9 nitrogen and oxygen atoms in total. The minimum atomic E-state index is -0.0262. The Hall–Kier alpha value is -2.16. The molecule has 2 rings (SSSR count). The molecule has 1 aliphatic heterocycles.